The second-order valence-electron chi connectivity index (χ2n) is 5.60. The topological polar surface area (TPSA) is 61.4 Å². The number of anilines is 1. The molecule has 2 N–H and O–H groups in total. The first-order chi connectivity index (χ1) is 9.86. The lowest BCUT2D eigenvalue weighted by molar-refractivity contribution is -0.129. The van der Waals surface area contributed by atoms with Gasteiger partial charge in [-0.2, -0.15) is 0 Å². The monoisotopic (exact) mass is 309 g/mol. The van der Waals surface area contributed by atoms with Gasteiger partial charge in [0.25, 0.3) is 0 Å². The zero-order chi connectivity index (χ0) is 15.6. The van der Waals surface area contributed by atoms with Gasteiger partial charge in [-0.25, -0.2) is 4.79 Å². The molecule has 114 valence electrons. The highest BCUT2D eigenvalue weighted by molar-refractivity contribution is 6.31. The first kappa shape index (κ1) is 15.6. The molecule has 0 radical (unpaired) electrons. The normalized spacial score (nSPS) is 18.2. The maximum absolute atomic E-state index is 12.0. The van der Waals surface area contributed by atoms with Gasteiger partial charge in [-0.05, 0) is 38.5 Å². The van der Waals surface area contributed by atoms with Crippen LogP contribution in [0.2, 0.25) is 5.02 Å². The van der Waals surface area contributed by atoms with E-state index in [0.717, 1.165) is 5.56 Å². The van der Waals surface area contributed by atoms with Gasteiger partial charge in [0, 0.05) is 29.7 Å². The van der Waals surface area contributed by atoms with Gasteiger partial charge in [0.2, 0.25) is 5.91 Å². The van der Waals surface area contributed by atoms with Crippen molar-refractivity contribution in [1.29, 1.82) is 0 Å². The second kappa shape index (κ2) is 6.35. The van der Waals surface area contributed by atoms with E-state index < -0.39 is 0 Å². The first-order valence-corrected chi connectivity index (χ1v) is 7.37. The Morgan fingerprint density at radius 1 is 1.43 bits per heavy atom. The molecule has 0 bridgehead atoms. The average molecular weight is 310 g/mol. The van der Waals surface area contributed by atoms with Gasteiger partial charge < -0.3 is 15.5 Å². The van der Waals surface area contributed by atoms with Crippen LogP contribution in [0.15, 0.2) is 18.2 Å². The van der Waals surface area contributed by atoms with Gasteiger partial charge in [-0.3, -0.25) is 4.79 Å². The zero-order valence-electron chi connectivity index (χ0n) is 12.4. The summed E-state index contributed by atoms with van der Waals surface area (Å²) in [6, 6.07) is 5.03. The van der Waals surface area contributed by atoms with E-state index in [0.29, 0.717) is 23.7 Å². The highest BCUT2D eigenvalue weighted by atomic mass is 35.5. The number of halogens is 1. The smallest absolute Gasteiger partial charge is 0.319 e. The Kier molecular flexibility index (Phi) is 4.73. The van der Waals surface area contributed by atoms with Gasteiger partial charge >= 0.3 is 6.03 Å². The summed E-state index contributed by atoms with van der Waals surface area (Å²) in [7, 11) is 0. The van der Waals surface area contributed by atoms with Crippen LogP contribution >= 0.6 is 11.6 Å². The predicted octanol–water partition coefficient (Wildman–Crippen LogP) is 2.78. The molecule has 3 amide bonds. The van der Waals surface area contributed by atoms with E-state index in [1.807, 2.05) is 26.8 Å². The lowest BCUT2D eigenvalue weighted by Crippen LogP contribution is -2.40. The number of hydrogen-bond acceptors (Lipinski definition) is 2. The van der Waals surface area contributed by atoms with Crippen molar-refractivity contribution in [3.63, 3.8) is 0 Å². The number of aryl methyl sites for hydroxylation is 1. The van der Waals surface area contributed by atoms with Crippen molar-refractivity contribution >= 4 is 29.2 Å². The van der Waals surface area contributed by atoms with Crippen LogP contribution in [0.3, 0.4) is 0 Å². The molecule has 0 aromatic heterocycles. The maximum atomic E-state index is 12.0. The Bertz CT molecular complexity index is 560. The molecule has 1 unspecified atom stereocenters. The SMILES string of the molecule is Cc1ccc(NC(=O)NC2CC(=O)N(C(C)C)C2)cc1Cl. The molecule has 1 heterocycles. The number of likely N-dealkylation sites (tertiary alicyclic amines) is 1. The molecule has 1 aromatic rings. The van der Waals surface area contributed by atoms with Crippen LogP contribution in [0.1, 0.15) is 25.8 Å². The van der Waals surface area contributed by atoms with Crippen molar-refractivity contribution in [2.75, 3.05) is 11.9 Å². The summed E-state index contributed by atoms with van der Waals surface area (Å²) in [6.45, 7) is 6.39. The van der Waals surface area contributed by atoms with E-state index in [1.54, 1.807) is 17.0 Å². The van der Waals surface area contributed by atoms with Crippen LogP contribution in [-0.2, 0) is 4.79 Å². The number of benzene rings is 1. The van der Waals surface area contributed by atoms with Crippen molar-refractivity contribution in [1.82, 2.24) is 10.2 Å². The Balaban J connectivity index is 1.90. The molecule has 1 aliphatic heterocycles. The summed E-state index contributed by atoms with van der Waals surface area (Å²) in [5.74, 6) is 0.0775. The fraction of sp³-hybridized carbons (Fsp3) is 0.467. The summed E-state index contributed by atoms with van der Waals surface area (Å²) >= 11 is 6.02. The molecule has 6 heteroatoms. The minimum atomic E-state index is -0.321. The molecule has 5 nitrogen and oxygen atoms in total. The molecule has 2 rings (SSSR count). The fourth-order valence-corrected chi connectivity index (χ4v) is 2.53. The van der Waals surface area contributed by atoms with Crippen molar-refractivity contribution in [3.05, 3.63) is 28.8 Å². The van der Waals surface area contributed by atoms with Gasteiger partial charge in [0.15, 0.2) is 0 Å². The Morgan fingerprint density at radius 2 is 2.14 bits per heavy atom. The minimum Gasteiger partial charge on any atom is -0.338 e. The molecule has 1 fully saturated rings. The molecule has 0 aliphatic carbocycles. The molecule has 0 spiro atoms. The third-order valence-electron chi connectivity index (χ3n) is 3.55. The van der Waals surface area contributed by atoms with E-state index in [1.165, 1.54) is 0 Å². The van der Waals surface area contributed by atoms with Crippen LogP contribution in [0, 0.1) is 6.92 Å². The summed E-state index contributed by atoms with van der Waals surface area (Å²) in [4.78, 5) is 25.5. The number of hydrogen-bond donors (Lipinski definition) is 2. The van der Waals surface area contributed by atoms with Crippen LogP contribution in [-0.4, -0.2) is 35.5 Å². The van der Waals surface area contributed by atoms with Crippen LogP contribution in [0.4, 0.5) is 10.5 Å². The number of urea groups is 1. The molecule has 1 saturated heterocycles. The van der Waals surface area contributed by atoms with Crippen molar-refractivity contribution in [3.8, 4) is 0 Å². The Labute approximate surface area is 129 Å². The highest BCUT2D eigenvalue weighted by Crippen LogP contribution is 2.20. The van der Waals surface area contributed by atoms with E-state index in [4.69, 9.17) is 11.6 Å². The number of nitrogens with one attached hydrogen (secondary N) is 2. The lowest BCUT2D eigenvalue weighted by atomic mass is 10.2. The predicted molar refractivity (Wildman–Crippen MR) is 83.6 cm³/mol. The van der Waals surface area contributed by atoms with Gasteiger partial charge in [-0.15, -0.1) is 0 Å². The summed E-state index contributed by atoms with van der Waals surface area (Å²) in [5, 5.41) is 6.16. The van der Waals surface area contributed by atoms with E-state index in [-0.39, 0.29) is 24.0 Å². The van der Waals surface area contributed by atoms with Crippen molar-refractivity contribution < 1.29 is 9.59 Å². The number of carbonyl (C=O) groups is 2. The standard InChI is InChI=1S/C15H20ClN3O2/c1-9(2)19-8-12(7-14(19)20)18-15(21)17-11-5-4-10(3)13(16)6-11/h4-6,9,12H,7-8H2,1-3H3,(H2,17,18,21). The second-order valence-corrected chi connectivity index (χ2v) is 6.01. The highest BCUT2D eigenvalue weighted by Gasteiger charge is 2.31. The largest absolute Gasteiger partial charge is 0.338 e. The van der Waals surface area contributed by atoms with E-state index in [2.05, 4.69) is 10.6 Å². The first-order valence-electron chi connectivity index (χ1n) is 7.00. The number of carbonyl (C=O) groups excluding carboxylic acids is 2. The minimum absolute atomic E-state index is 0.0775. The van der Waals surface area contributed by atoms with Gasteiger partial charge in [-0.1, -0.05) is 17.7 Å². The molecule has 21 heavy (non-hydrogen) atoms. The number of rotatable bonds is 3. The molecule has 1 aliphatic rings. The Hall–Kier alpha value is -1.75. The molecule has 1 atom stereocenters. The third kappa shape index (κ3) is 3.88. The summed E-state index contributed by atoms with van der Waals surface area (Å²) in [5.41, 5.74) is 1.59. The molecule has 1 aromatic carbocycles. The van der Waals surface area contributed by atoms with Gasteiger partial charge in [0.1, 0.15) is 0 Å². The maximum Gasteiger partial charge on any atom is 0.319 e. The fourth-order valence-electron chi connectivity index (χ4n) is 2.35. The van der Waals surface area contributed by atoms with Gasteiger partial charge in [0.05, 0.1) is 6.04 Å². The third-order valence-corrected chi connectivity index (χ3v) is 3.95. The summed E-state index contributed by atoms with van der Waals surface area (Å²) < 4.78 is 0. The van der Waals surface area contributed by atoms with Crippen LogP contribution in [0.5, 0.6) is 0 Å². The Morgan fingerprint density at radius 3 is 2.71 bits per heavy atom. The van der Waals surface area contributed by atoms with E-state index >= 15 is 0 Å². The van der Waals surface area contributed by atoms with Crippen molar-refractivity contribution in [2.24, 2.45) is 0 Å². The average Bonchev–Trinajstić information content (AvgIpc) is 2.75. The van der Waals surface area contributed by atoms with Crippen LogP contribution in [0.25, 0.3) is 0 Å². The van der Waals surface area contributed by atoms with Crippen LogP contribution < -0.4 is 10.6 Å². The summed E-state index contributed by atoms with van der Waals surface area (Å²) in [6.07, 6.45) is 0.347. The molecule has 0 saturated carbocycles. The lowest BCUT2D eigenvalue weighted by Gasteiger charge is -2.21. The number of amides is 3. The quantitative estimate of drug-likeness (QED) is 0.902. The molecular weight excluding hydrogens is 290 g/mol. The van der Waals surface area contributed by atoms with E-state index in [9.17, 15) is 9.59 Å². The molecular formula is C15H20ClN3O2. The zero-order valence-corrected chi connectivity index (χ0v) is 13.2. The van der Waals surface area contributed by atoms with Crippen molar-refractivity contribution in [2.45, 2.75) is 39.3 Å². The number of nitrogens with zero attached hydrogens (tertiary/aromatic N) is 1.